The van der Waals surface area contributed by atoms with E-state index in [0.29, 0.717) is 5.56 Å². The minimum Gasteiger partial charge on any atom is -0.467 e. The number of esters is 1. The quantitative estimate of drug-likeness (QED) is 0.676. The molecule has 2 amide bonds. The van der Waals surface area contributed by atoms with Crippen molar-refractivity contribution in [3.8, 4) is 6.07 Å². The van der Waals surface area contributed by atoms with Crippen LogP contribution in [0.4, 0.5) is 4.39 Å². The van der Waals surface area contributed by atoms with Crippen molar-refractivity contribution in [1.82, 2.24) is 10.6 Å². The summed E-state index contributed by atoms with van der Waals surface area (Å²) in [5.74, 6) is -2.10. The van der Waals surface area contributed by atoms with E-state index in [-0.39, 0.29) is 19.3 Å². The van der Waals surface area contributed by atoms with E-state index in [2.05, 4.69) is 15.4 Å². The molecule has 0 heterocycles. The monoisotopic (exact) mass is 349 g/mol. The van der Waals surface area contributed by atoms with Crippen molar-refractivity contribution in [1.29, 1.82) is 5.26 Å². The number of amides is 2. The van der Waals surface area contributed by atoms with Crippen LogP contribution in [0, 0.1) is 17.1 Å². The van der Waals surface area contributed by atoms with Crippen LogP contribution in [0.2, 0.25) is 0 Å². The van der Waals surface area contributed by atoms with Crippen LogP contribution in [0.25, 0.3) is 0 Å². The van der Waals surface area contributed by atoms with Crippen molar-refractivity contribution in [2.75, 3.05) is 7.11 Å². The van der Waals surface area contributed by atoms with Gasteiger partial charge in [0.15, 0.2) is 0 Å². The van der Waals surface area contributed by atoms with Crippen molar-refractivity contribution in [3.05, 3.63) is 35.6 Å². The number of ether oxygens (including phenoxy) is 1. The molecular weight excluding hydrogens is 329 g/mol. The van der Waals surface area contributed by atoms with Gasteiger partial charge in [-0.05, 0) is 24.1 Å². The van der Waals surface area contributed by atoms with Crippen LogP contribution in [0.15, 0.2) is 24.3 Å². The fraction of sp³-hybridized carbons (Fsp3) is 0.412. The number of rotatable bonds is 8. The van der Waals surface area contributed by atoms with Crippen LogP contribution in [0.1, 0.15) is 25.3 Å². The average molecular weight is 349 g/mol. The average Bonchev–Trinajstić information content (AvgIpc) is 2.58. The number of benzene rings is 1. The first kappa shape index (κ1) is 20.1. The Morgan fingerprint density at radius 1 is 1.20 bits per heavy atom. The second kappa shape index (κ2) is 10.0. The molecule has 25 heavy (non-hydrogen) atoms. The molecule has 2 atom stereocenters. The molecule has 0 saturated carbocycles. The normalized spacial score (nSPS) is 12.4. The Balaban J connectivity index is 2.86. The van der Waals surface area contributed by atoms with Gasteiger partial charge in [0.1, 0.15) is 17.9 Å². The van der Waals surface area contributed by atoms with Crippen LogP contribution in [0.3, 0.4) is 0 Å². The van der Waals surface area contributed by atoms with Gasteiger partial charge in [-0.15, -0.1) is 0 Å². The van der Waals surface area contributed by atoms with Gasteiger partial charge in [0.2, 0.25) is 11.8 Å². The first-order chi connectivity index (χ1) is 11.9. The van der Waals surface area contributed by atoms with Gasteiger partial charge in [-0.2, -0.15) is 5.26 Å². The van der Waals surface area contributed by atoms with E-state index < -0.39 is 35.7 Å². The van der Waals surface area contributed by atoms with Gasteiger partial charge in [0, 0.05) is 19.8 Å². The van der Waals surface area contributed by atoms with Crippen LogP contribution in [-0.2, 0) is 25.5 Å². The lowest BCUT2D eigenvalue weighted by atomic mass is 10.0. The summed E-state index contributed by atoms with van der Waals surface area (Å²) in [6, 6.07) is 5.48. The number of hydrogen-bond acceptors (Lipinski definition) is 5. The first-order valence-corrected chi connectivity index (χ1v) is 7.64. The van der Waals surface area contributed by atoms with Crippen molar-refractivity contribution in [2.24, 2.45) is 0 Å². The zero-order valence-electron chi connectivity index (χ0n) is 14.0. The number of nitrogens with one attached hydrogen (secondary N) is 2. The SMILES string of the molecule is COC(=O)[C@H](CCC#N)NC(=O)[C@@H](Cc1ccc(F)cc1)NC(C)=O. The highest BCUT2D eigenvalue weighted by molar-refractivity contribution is 5.90. The highest BCUT2D eigenvalue weighted by Gasteiger charge is 2.26. The van der Waals surface area contributed by atoms with E-state index in [1.807, 2.05) is 6.07 Å². The van der Waals surface area contributed by atoms with Gasteiger partial charge in [0.25, 0.3) is 0 Å². The number of methoxy groups -OCH3 is 1. The predicted octanol–water partition coefficient (Wildman–Crippen LogP) is 0.834. The predicted molar refractivity (Wildman–Crippen MR) is 86.5 cm³/mol. The number of nitriles is 1. The second-order valence-electron chi connectivity index (χ2n) is 5.36. The lowest BCUT2D eigenvalue weighted by Gasteiger charge is -2.21. The van der Waals surface area contributed by atoms with Crippen LogP contribution < -0.4 is 10.6 Å². The van der Waals surface area contributed by atoms with Crippen molar-refractivity contribution >= 4 is 17.8 Å². The van der Waals surface area contributed by atoms with E-state index >= 15 is 0 Å². The maximum absolute atomic E-state index is 13.0. The molecule has 2 N–H and O–H groups in total. The summed E-state index contributed by atoms with van der Waals surface area (Å²) in [6.07, 6.45) is 0.277. The lowest BCUT2D eigenvalue weighted by Crippen LogP contribution is -2.52. The summed E-state index contributed by atoms with van der Waals surface area (Å²) in [5.41, 5.74) is 0.641. The molecule has 1 rings (SSSR count). The third-order valence-corrected chi connectivity index (χ3v) is 3.39. The molecule has 0 unspecified atom stereocenters. The van der Waals surface area contributed by atoms with Crippen molar-refractivity contribution in [3.63, 3.8) is 0 Å². The number of halogens is 1. The van der Waals surface area contributed by atoms with Gasteiger partial charge in [-0.3, -0.25) is 9.59 Å². The maximum Gasteiger partial charge on any atom is 0.328 e. The molecule has 0 aliphatic heterocycles. The van der Waals surface area contributed by atoms with Gasteiger partial charge in [0.05, 0.1) is 13.2 Å². The standard InChI is InChI=1S/C17H20FN3O4/c1-11(22)20-15(10-12-5-7-13(18)8-6-12)16(23)21-14(4-3-9-19)17(24)25-2/h5-8,14-15H,3-4,10H2,1-2H3,(H,20,22)(H,21,23)/t14-,15+/m0/s1. The second-order valence-corrected chi connectivity index (χ2v) is 5.36. The highest BCUT2D eigenvalue weighted by atomic mass is 19.1. The van der Waals surface area contributed by atoms with Gasteiger partial charge >= 0.3 is 5.97 Å². The highest BCUT2D eigenvalue weighted by Crippen LogP contribution is 2.07. The minimum atomic E-state index is -0.985. The third-order valence-electron chi connectivity index (χ3n) is 3.39. The van der Waals surface area contributed by atoms with E-state index in [1.54, 1.807) is 0 Å². The largest absolute Gasteiger partial charge is 0.467 e. The summed E-state index contributed by atoms with van der Waals surface area (Å²) < 4.78 is 17.6. The fourth-order valence-corrected chi connectivity index (χ4v) is 2.18. The van der Waals surface area contributed by atoms with E-state index in [4.69, 9.17) is 5.26 Å². The first-order valence-electron chi connectivity index (χ1n) is 7.64. The Morgan fingerprint density at radius 3 is 2.36 bits per heavy atom. The molecule has 0 aromatic heterocycles. The Kier molecular flexibility index (Phi) is 8.06. The molecule has 0 fully saturated rings. The zero-order chi connectivity index (χ0) is 18.8. The smallest absolute Gasteiger partial charge is 0.328 e. The maximum atomic E-state index is 13.0. The van der Waals surface area contributed by atoms with Crippen LogP contribution >= 0.6 is 0 Å². The lowest BCUT2D eigenvalue weighted by molar-refractivity contribution is -0.145. The van der Waals surface area contributed by atoms with Crippen molar-refractivity contribution in [2.45, 2.75) is 38.3 Å². The number of nitrogens with zero attached hydrogens (tertiary/aromatic N) is 1. The van der Waals surface area contributed by atoms with E-state index in [9.17, 15) is 18.8 Å². The molecule has 8 heteroatoms. The van der Waals surface area contributed by atoms with Gasteiger partial charge in [-0.25, -0.2) is 9.18 Å². The molecule has 0 radical (unpaired) electrons. The summed E-state index contributed by atoms with van der Waals surface area (Å²) in [4.78, 5) is 35.5. The number of carbonyl (C=O) groups excluding carboxylic acids is 3. The molecule has 0 spiro atoms. The Bertz CT molecular complexity index is 655. The van der Waals surface area contributed by atoms with Gasteiger partial charge in [-0.1, -0.05) is 12.1 Å². The minimum absolute atomic E-state index is 0.0583. The van der Waals surface area contributed by atoms with E-state index in [1.165, 1.54) is 38.3 Å². The zero-order valence-corrected chi connectivity index (χ0v) is 14.0. The molecule has 1 aromatic carbocycles. The molecule has 134 valence electrons. The molecule has 0 saturated heterocycles. The summed E-state index contributed by atoms with van der Waals surface area (Å²) >= 11 is 0. The Hall–Kier alpha value is -2.95. The third kappa shape index (κ3) is 6.99. The molecule has 1 aromatic rings. The molecule has 0 aliphatic carbocycles. The number of hydrogen-bond donors (Lipinski definition) is 2. The van der Waals surface area contributed by atoms with Crippen molar-refractivity contribution < 1.29 is 23.5 Å². The summed E-state index contributed by atoms with van der Waals surface area (Å²) in [6.45, 7) is 1.26. The number of carbonyl (C=O) groups is 3. The molecular formula is C17H20FN3O4. The van der Waals surface area contributed by atoms with Crippen LogP contribution in [-0.4, -0.2) is 37.0 Å². The summed E-state index contributed by atoms with van der Waals surface area (Å²) in [5, 5.41) is 13.6. The molecule has 0 bridgehead atoms. The fourth-order valence-electron chi connectivity index (χ4n) is 2.18. The Labute approximate surface area is 145 Å². The molecule has 7 nitrogen and oxygen atoms in total. The summed E-state index contributed by atoms with van der Waals surface area (Å²) in [7, 11) is 1.18. The van der Waals surface area contributed by atoms with Gasteiger partial charge < -0.3 is 15.4 Å². The topological polar surface area (TPSA) is 108 Å². The molecule has 0 aliphatic rings. The van der Waals surface area contributed by atoms with Crippen LogP contribution in [0.5, 0.6) is 0 Å². The van der Waals surface area contributed by atoms with E-state index in [0.717, 1.165) is 0 Å². The Morgan fingerprint density at radius 2 is 1.84 bits per heavy atom.